The molecule has 0 radical (unpaired) electrons. The maximum Gasteiger partial charge on any atom is 0.264 e. The van der Waals surface area contributed by atoms with Crippen LogP contribution in [0, 0.1) is 6.92 Å². The standard InChI is InChI=1S/C11H15F2NO/c1-7-2-3-8(11(12)13)9(6-7)10(15)4-5-14/h2-3,6,10-11,15H,4-5,14H2,1H3. The van der Waals surface area contributed by atoms with E-state index in [2.05, 4.69) is 0 Å². The minimum atomic E-state index is -2.56. The van der Waals surface area contributed by atoms with Gasteiger partial charge in [0.15, 0.2) is 0 Å². The van der Waals surface area contributed by atoms with Gasteiger partial charge >= 0.3 is 0 Å². The fourth-order valence-electron chi connectivity index (χ4n) is 1.49. The lowest BCUT2D eigenvalue weighted by atomic mass is 9.98. The van der Waals surface area contributed by atoms with Gasteiger partial charge in [-0.2, -0.15) is 0 Å². The van der Waals surface area contributed by atoms with Crippen molar-refractivity contribution < 1.29 is 13.9 Å². The zero-order valence-electron chi connectivity index (χ0n) is 8.58. The summed E-state index contributed by atoms with van der Waals surface area (Å²) in [5.41, 5.74) is 6.31. The molecule has 0 saturated heterocycles. The molecule has 0 bridgehead atoms. The van der Waals surface area contributed by atoms with Crippen molar-refractivity contribution in [3.63, 3.8) is 0 Å². The summed E-state index contributed by atoms with van der Waals surface area (Å²) in [5, 5.41) is 9.66. The average Bonchev–Trinajstić information content (AvgIpc) is 2.17. The van der Waals surface area contributed by atoms with Gasteiger partial charge in [0.1, 0.15) is 0 Å². The van der Waals surface area contributed by atoms with Gasteiger partial charge in [0.25, 0.3) is 6.43 Å². The zero-order chi connectivity index (χ0) is 11.4. The summed E-state index contributed by atoms with van der Waals surface area (Å²) >= 11 is 0. The topological polar surface area (TPSA) is 46.2 Å². The van der Waals surface area contributed by atoms with Crippen molar-refractivity contribution in [3.05, 3.63) is 34.9 Å². The number of aliphatic hydroxyl groups is 1. The quantitative estimate of drug-likeness (QED) is 0.809. The summed E-state index contributed by atoms with van der Waals surface area (Å²) in [6.07, 6.45) is -3.17. The maximum absolute atomic E-state index is 12.6. The number of rotatable bonds is 4. The van der Waals surface area contributed by atoms with E-state index >= 15 is 0 Å². The largest absolute Gasteiger partial charge is 0.388 e. The Morgan fingerprint density at radius 3 is 2.53 bits per heavy atom. The van der Waals surface area contributed by atoms with Gasteiger partial charge in [-0.3, -0.25) is 0 Å². The molecule has 3 N–H and O–H groups in total. The third-order valence-corrected chi connectivity index (χ3v) is 2.28. The number of nitrogens with two attached hydrogens (primary N) is 1. The van der Waals surface area contributed by atoms with Crippen LogP contribution in [0.2, 0.25) is 0 Å². The lowest BCUT2D eigenvalue weighted by Gasteiger charge is -2.15. The van der Waals surface area contributed by atoms with Crippen LogP contribution in [-0.2, 0) is 0 Å². The summed E-state index contributed by atoms with van der Waals surface area (Å²) in [6, 6.07) is 4.55. The van der Waals surface area contributed by atoms with Crippen LogP contribution in [0.25, 0.3) is 0 Å². The molecule has 0 aromatic heterocycles. The Labute approximate surface area is 87.7 Å². The van der Waals surface area contributed by atoms with Gasteiger partial charge in [-0.15, -0.1) is 0 Å². The Hall–Kier alpha value is -1.00. The number of halogens is 2. The Balaban J connectivity index is 3.06. The van der Waals surface area contributed by atoms with Gasteiger partial charge in [0.2, 0.25) is 0 Å². The van der Waals surface area contributed by atoms with Crippen molar-refractivity contribution in [1.29, 1.82) is 0 Å². The van der Waals surface area contributed by atoms with Crippen LogP contribution in [0.1, 0.15) is 35.6 Å². The van der Waals surface area contributed by atoms with Gasteiger partial charge in [-0.1, -0.05) is 23.8 Å². The predicted molar refractivity (Wildman–Crippen MR) is 54.8 cm³/mol. The molecule has 4 heteroatoms. The van der Waals surface area contributed by atoms with Crippen LogP contribution in [-0.4, -0.2) is 11.7 Å². The molecule has 0 spiro atoms. The molecule has 0 heterocycles. The fourth-order valence-corrected chi connectivity index (χ4v) is 1.49. The maximum atomic E-state index is 12.6. The molecular formula is C11H15F2NO. The van der Waals surface area contributed by atoms with E-state index in [0.29, 0.717) is 6.42 Å². The molecule has 1 aromatic rings. The second-order valence-electron chi connectivity index (χ2n) is 3.53. The van der Waals surface area contributed by atoms with Gasteiger partial charge in [0, 0.05) is 5.56 Å². The summed E-state index contributed by atoms with van der Waals surface area (Å²) in [5.74, 6) is 0. The molecular weight excluding hydrogens is 200 g/mol. The van der Waals surface area contributed by atoms with Crippen LogP contribution >= 0.6 is 0 Å². The molecule has 1 atom stereocenters. The molecule has 2 nitrogen and oxygen atoms in total. The fraction of sp³-hybridized carbons (Fsp3) is 0.455. The van der Waals surface area contributed by atoms with Crippen LogP contribution in [0.4, 0.5) is 8.78 Å². The molecule has 15 heavy (non-hydrogen) atoms. The highest BCUT2D eigenvalue weighted by atomic mass is 19.3. The van der Waals surface area contributed by atoms with E-state index in [4.69, 9.17) is 5.73 Å². The predicted octanol–water partition coefficient (Wildman–Crippen LogP) is 2.31. The first-order chi connectivity index (χ1) is 7.06. The highest BCUT2D eigenvalue weighted by Gasteiger charge is 2.17. The number of hydrogen-bond acceptors (Lipinski definition) is 2. The number of aryl methyl sites for hydroxylation is 1. The van der Waals surface area contributed by atoms with Gasteiger partial charge < -0.3 is 10.8 Å². The number of aliphatic hydroxyl groups excluding tert-OH is 1. The number of benzene rings is 1. The summed E-state index contributed by atoms with van der Waals surface area (Å²) in [7, 11) is 0. The van der Waals surface area contributed by atoms with Gasteiger partial charge in [0.05, 0.1) is 6.10 Å². The zero-order valence-corrected chi connectivity index (χ0v) is 8.58. The van der Waals surface area contributed by atoms with Gasteiger partial charge in [-0.05, 0) is 25.5 Å². The molecule has 0 amide bonds. The normalized spacial score (nSPS) is 13.2. The van der Waals surface area contributed by atoms with Crippen molar-refractivity contribution in [2.24, 2.45) is 5.73 Å². The smallest absolute Gasteiger partial charge is 0.264 e. The Morgan fingerprint density at radius 2 is 2.00 bits per heavy atom. The molecule has 1 rings (SSSR count). The summed E-state index contributed by atoms with van der Waals surface area (Å²) < 4.78 is 25.2. The molecule has 0 saturated carbocycles. The van der Waals surface area contributed by atoms with E-state index in [1.807, 2.05) is 0 Å². The lowest BCUT2D eigenvalue weighted by Crippen LogP contribution is -2.09. The second-order valence-corrected chi connectivity index (χ2v) is 3.53. The van der Waals surface area contributed by atoms with Crippen molar-refractivity contribution in [2.45, 2.75) is 25.9 Å². The van der Waals surface area contributed by atoms with E-state index in [1.165, 1.54) is 6.07 Å². The Kier molecular flexibility index (Phi) is 4.17. The second kappa shape index (κ2) is 5.19. The highest BCUT2D eigenvalue weighted by molar-refractivity contribution is 5.34. The van der Waals surface area contributed by atoms with E-state index in [9.17, 15) is 13.9 Å². The Bertz CT molecular complexity index is 328. The molecule has 0 aliphatic rings. The third-order valence-electron chi connectivity index (χ3n) is 2.28. The third kappa shape index (κ3) is 2.97. The highest BCUT2D eigenvalue weighted by Crippen LogP contribution is 2.29. The van der Waals surface area contributed by atoms with Crippen molar-refractivity contribution in [2.75, 3.05) is 6.54 Å². The minimum absolute atomic E-state index is 0.110. The van der Waals surface area contributed by atoms with Crippen molar-refractivity contribution in [3.8, 4) is 0 Å². The van der Waals surface area contributed by atoms with Crippen molar-refractivity contribution in [1.82, 2.24) is 0 Å². The minimum Gasteiger partial charge on any atom is -0.388 e. The van der Waals surface area contributed by atoms with E-state index in [0.717, 1.165) is 5.56 Å². The van der Waals surface area contributed by atoms with Crippen LogP contribution in [0.3, 0.4) is 0 Å². The molecule has 0 aliphatic carbocycles. The van der Waals surface area contributed by atoms with E-state index in [-0.39, 0.29) is 17.7 Å². The molecule has 84 valence electrons. The summed E-state index contributed by atoms with van der Waals surface area (Å²) in [4.78, 5) is 0. The van der Waals surface area contributed by atoms with Gasteiger partial charge in [-0.25, -0.2) is 8.78 Å². The molecule has 1 unspecified atom stereocenters. The van der Waals surface area contributed by atoms with Crippen LogP contribution in [0.5, 0.6) is 0 Å². The first-order valence-electron chi connectivity index (χ1n) is 4.83. The van der Waals surface area contributed by atoms with E-state index in [1.54, 1.807) is 19.1 Å². The van der Waals surface area contributed by atoms with E-state index < -0.39 is 12.5 Å². The number of alkyl halides is 2. The average molecular weight is 215 g/mol. The SMILES string of the molecule is Cc1ccc(C(F)F)c(C(O)CCN)c1. The molecule has 1 aromatic carbocycles. The first-order valence-corrected chi connectivity index (χ1v) is 4.83. The number of hydrogen-bond donors (Lipinski definition) is 2. The van der Waals surface area contributed by atoms with Crippen LogP contribution < -0.4 is 5.73 Å². The summed E-state index contributed by atoms with van der Waals surface area (Å²) in [6.45, 7) is 2.08. The lowest BCUT2D eigenvalue weighted by molar-refractivity contribution is 0.134. The Morgan fingerprint density at radius 1 is 1.33 bits per heavy atom. The first kappa shape index (κ1) is 12.1. The monoisotopic (exact) mass is 215 g/mol. The van der Waals surface area contributed by atoms with Crippen LogP contribution in [0.15, 0.2) is 18.2 Å². The van der Waals surface area contributed by atoms with Crippen molar-refractivity contribution >= 4 is 0 Å². The molecule has 0 fully saturated rings. The molecule has 0 aliphatic heterocycles.